The molecule has 2 rings (SSSR count). The van der Waals surface area contributed by atoms with E-state index in [2.05, 4.69) is 42.7 Å². The summed E-state index contributed by atoms with van der Waals surface area (Å²) in [4.78, 5) is 0. The van der Waals surface area contributed by atoms with E-state index >= 15 is 0 Å². The molecule has 0 radical (unpaired) electrons. The van der Waals surface area contributed by atoms with Gasteiger partial charge in [-0.2, -0.15) is 0 Å². The standard InChI is InChI=1S/C12H18N2/c1-9(2)14-12-7-3-6-11-10(12)5-4-8-13-11/h3,6-7,9,13-14H,4-5,8H2,1-2H3. The zero-order valence-corrected chi connectivity index (χ0v) is 8.93. The maximum absolute atomic E-state index is 3.49. The zero-order valence-electron chi connectivity index (χ0n) is 8.93. The van der Waals surface area contributed by atoms with Gasteiger partial charge in [-0.05, 0) is 44.4 Å². The van der Waals surface area contributed by atoms with Gasteiger partial charge in [-0.15, -0.1) is 0 Å². The molecule has 1 aromatic rings. The molecule has 1 aliphatic rings. The van der Waals surface area contributed by atoms with Crippen LogP contribution in [0.25, 0.3) is 0 Å². The van der Waals surface area contributed by atoms with Gasteiger partial charge in [-0.1, -0.05) is 6.07 Å². The highest BCUT2D eigenvalue weighted by Crippen LogP contribution is 2.29. The Labute approximate surface area is 85.7 Å². The molecule has 0 unspecified atom stereocenters. The summed E-state index contributed by atoms with van der Waals surface area (Å²) >= 11 is 0. The molecule has 1 aromatic carbocycles. The van der Waals surface area contributed by atoms with Crippen molar-refractivity contribution in [3.05, 3.63) is 23.8 Å². The van der Waals surface area contributed by atoms with Gasteiger partial charge >= 0.3 is 0 Å². The van der Waals surface area contributed by atoms with Crippen LogP contribution in [0.4, 0.5) is 11.4 Å². The Morgan fingerprint density at radius 1 is 1.36 bits per heavy atom. The Kier molecular flexibility index (Phi) is 2.62. The van der Waals surface area contributed by atoms with Gasteiger partial charge in [-0.3, -0.25) is 0 Å². The number of nitrogens with one attached hydrogen (secondary N) is 2. The van der Waals surface area contributed by atoms with Crippen molar-refractivity contribution in [1.82, 2.24) is 0 Å². The number of hydrogen-bond donors (Lipinski definition) is 2. The van der Waals surface area contributed by atoms with E-state index in [0.29, 0.717) is 6.04 Å². The summed E-state index contributed by atoms with van der Waals surface area (Å²) in [5.41, 5.74) is 4.05. The molecule has 2 N–H and O–H groups in total. The lowest BCUT2D eigenvalue weighted by Gasteiger charge is -2.22. The zero-order chi connectivity index (χ0) is 9.97. The summed E-state index contributed by atoms with van der Waals surface area (Å²) in [6.07, 6.45) is 2.43. The van der Waals surface area contributed by atoms with Crippen LogP contribution in [0.2, 0.25) is 0 Å². The summed E-state index contributed by atoms with van der Waals surface area (Å²) in [7, 11) is 0. The first-order valence-corrected chi connectivity index (χ1v) is 5.39. The Morgan fingerprint density at radius 3 is 3.00 bits per heavy atom. The fourth-order valence-corrected chi connectivity index (χ4v) is 1.96. The van der Waals surface area contributed by atoms with E-state index in [-0.39, 0.29) is 0 Å². The lowest BCUT2D eigenvalue weighted by Crippen LogP contribution is -2.16. The SMILES string of the molecule is CC(C)Nc1cccc2c1CCCN2. The van der Waals surface area contributed by atoms with Crippen LogP contribution in [-0.2, 0) is 6.42 Å². The molecule has 0 saturated carbocycles. The Morgan fingerprint density at radius 2 is 2.21 bits per heavy atom. The van der Waals surface area contributed by atoms with E-state index in [1.807, 2.05) is 0 Å². The molecular formula is C12H18N2. The normalized spacial score (nSPS) is 14.8. The highest BCUT2D eigenvalue weighted by molar-refractivity contribution is 5.66. The molecule has 0 amide bonds. The van der Waals surface area contributed by atoms with Gasteiger partial charge in [0.15, 0.2) is 0 Å². The smallest absolute Gasteiger partial charge is 0.0395 e. The van der Waals surface area contributed by atoms with Crippen LogP contribution in [0.15, 0.2) is 18.2 Å². The number of hydrogen-bond acceptors (Lipinski definition) is 2. The summed E-state index contributed by atoms with van der Waals surface area (Å²) in [6.45, 7) is 5.46. The molecule has 76 valence electrons. The van der Waals surface area contributed by atoms with Gasteiger partial charge in [0.05, 0.1) is 0 Å². The van der Waals surface area contributed by atoms with Crippen molar-refractivity contribution in [3.8, 4) is 0 Å². The van der Waals surface area contributed by atoms with E-state index < -0.39 is 0 Å². The fraction of sp³-hybridized carbons (Fsp3) is 0.500. The van der Waals surface area contributed by atoms with Gasteiger partial charge in [0, 0.05) is 24.0 Å². The molecular weight excluding hydrogens is 172 g/mol. The Hall–Kier alpha value is -1.18. The van der Waals surface area contributed by atoms with Gasteiger partial charge in [0.1, 0.15) is 0 Å². The second-order valence-corrected chi connectivity index (χ2v) is 4.16. The molecule has 2 heteroatoms. The van der Waals surface area contributed by atoms with Gasteiger partial charge in [0.25, 0.3) is 0 Å². The van der Waals surface area contributed by atoms with Gasteiger partial charge in [0.2, 0.25) is 0 Å². The average molecular weight is 190 g/mol. The number of anilines is 2. The highest BCUT2D eigenvalue weighted by atomic mass is 14.9. The minimum absolute atomic E-state index is 0.503. The van der Waals surface area contributed by atoms with Gasteiger partial charge < -0.3 is 10.6 Å². The molecule has 0 bridgehead atoms. The molecule has 2 nitrogen and oxygen atoms in total. The lowest BCUT2D eigenvalue weighted by molar-refractivity contribution is 0.822. The van der Waals surface area contributed by atoms with E-state index in [4.69, 9.17) is 0 Å². The minimum Gasteiger partial charge on any atom is -0.385 e. The van der Waals surface area contributed by atoms with E-state index in [9.17, 15) is 0 Å². The molecule has 0 fully saturated rings. The first kappa shape index (κ1) is 9.38. The van der Waals surface area contributed by atoms with Crippen molar-refractivity contribution < 1.29 is 0 Å². The van der Waals surface area contributed by atoms with Crippen LogP contribution in [0.5, 0.6) is 0 Å². The topological polar surface area (TPSA) is 24.1 Å². The fourth-order valence-electron chi connectivity index (χ4n) is 1.96. The van der Waals surface area contributed by atoms with Crippen LogP contribution in [0, 0.1) is 0 Å². The third-order valence-corrected chi connectivity index (χ3v) is 2.54. The molecule has 0 aliphatic carbocycles. The molecule has 1 heterocycles. The second kappa shape index (κ2) is 3.91. The molecule has 0 spiro atoms. The van der Waals surface area contributed by atoms with Crippen molar-refractivity contribution in [3.63, 3.8) is 0 Å². The van der Waals surface area contributed by atoms with Crippen LogP contribution in [0.3, 0.4) is 0 Å². The van der Waals surface area contributed by atoms with Crippen molar-refractivity contribution in [2.45, 2.75) is 32.7 Å². The van der Waals surface area contributed by atoms with Crippen LogP contribution in [0.1, 0.15) is 25.8 Å². The average Bonchev–Trinajstić information content (AvgIpc) is 2.18. The highest BCUT2D eigenvalue weighted by Gasteiger charge is 2.12. The van der Waals surface area contributed by atoms with Crippen molar-refractivity contribution in [1.29, 1.82) is 0 Å². The summed E-state index contributed by atoms with van der Waals surface area (Å²) < 4.78 is 0. The van der Waals surface area contributed by atoms with Crippen molar-refractivity contribution >= 4 is 11.4 Å². The predicted molar refractivity (Wildman–Crippen MR) is 62.0 cm³/mol. The molecule has 0 saturated heterocycles. The molecule has 1 aliphatic heterocycles. The quantitative estimate of drug-likeness (QED) is 0.749. The molecule has 0 atom stereocenters. The van der Waals surface area contributed by atoms with Crippen molar-refractivity contribution in [2.24, 2.45) is 0 Å². The minimum atomic E-state index is 0.503. The van der Waals surface area contributed by atoms with E-state index in [1.54, 1.807) is 0 Å². The lowest BCUT2D eigenvalue weighted by atomic mass is 10.0. The monoisotopic (exact) mass is 190 g/mol. The van der Waals surface area contributed by atoms with Gasteiger partial charge in [-0.25, -0.2) is 0 Å². The third kappa shape index (κ3) is 1.84. The first-order chi connectivity index (χ1) is 6.77. The first-order valence-electron chi connectivity index (χ1n) is 5.39. The Balaban J connectivity index is 2.30. The number of rotatable bonds is 2. The maximum Gasteiger partial charge on any atom is 0.0395 e. The third-order valence-electron chi connectivity index (χ3n) is 2.54. The van der Waals surface area contributed by atoms with Crippen LogP contribution >= 0.6 is 0 Å². The van der Waals surface area contributed by atoms with Crippen LogP contribution in [-0.4, -0.2) is 12.6 Å². The number of fused-ring (bicyclic) bond motifs is 1. The summed E-state index contributed by atoms with van der Waals surface area (Å²) in [5.74, 6) is 0. The van der Waals surface area contributed by atoms with E-state index in [0.717, 1.165) is 6.54 Å². The summed E-state index contributed by atoms with van der Waals surface area (Å²) in [5, 5.41) is 6.93. The second-order valence-electron chi connectivity index (χ2n) is 4.16. The maximum atomic E-state index is 3.49. The van der Waals surface area contributed by atoms with Crippen molar-refractivity contribution in [2.75, 3.05) is 17.2 Å². The van der Waals surface area contributed by atoms with E-state index in [1.165, 1.54) is 29.8 Å². The van der Waals surface area contributed by atoms with Crippen LogP contribution < -0.4 is 10.6 Å². The Bertz CT molecular complexity index is 318. The molecule has 0 aromatic heterocycles. The largest absolute Gasteiger partial charge is 0.385 e. The summed E-state index contributed by atoms with van der Waals surface area (Å²) in [6, 6.07) is 6.96. The number of benzene rings is 1. The predicted octanol–water partition coefficient (Wildman–Crippen LogP) is 2.87. The molecule has 14 heavy (non-hydrogen) atoms.